The summed E-state index contributed by atoms with van der Waals surface area (Å²) in [5.41, 5.74) is 1.79. The number of carboxylic acids is 1. The predicted octanol–water partition coefficient (Wildman–Crippen LogP) is 4.77. The molecule has 1 aliphatic carbocycles. The summed E-state index contributed by atoms with van der Waals surface area (Å²) in [6.07, 6.45) is 3.23. The molecule has 0 unspecified atom stereocenters. The zero-order chi connectivity index (χ0) is 16.0. The van der Waals surface area contributed by atoms with Crippen LogP contribution >= 0.6 is 11.3 Å². The molecule has 2 aromatic carbocycles. The van der Waals surface area contributed by atoms with Gasteiger partial charge in [0.15, 0.2) is 0 Å². The number of carbonyl (C=O) groups is 1. The Morgan fingerprint density at radius 1 is 1.17 bits per heavy atom. The van der Waals surface area contributed by atoms with Crippen molar-refractivity contribution in [1.29, 1.82) is 0 Å². The van der Waals surface area contributed by atoms with E-state index in [0.717, 1.165) is 24.3 Å². The first kappa shape index (κ1) is 14.4. The second-order valence-corrected chi connectivity index (χ2v) is 7.20. The molecule has 0 aliphatic heterocycles. The third-order valence-electron chi connectivity index (χ3n) is 4.91. The number of carboxylic acid groups (broad SMARTS) is 1. The molecule has 3 aromatic rings. The number of rotatable bonds is 3. The quantitative estimate of drug-likeness (QED) is 0.755. The Kier molecular flexibility index (Phi) is 3.23. The zero-order valence-corrected chi connectivity index (χ0v) is 13.7. The second kappa shape index (κ2) is 5.17. The van der Waals surface area contributed by atoms with Crippen molar-refractivity contribution in [2.45, 2.75) is 31.6 Å². The second-order valence-electron chi connectivity index (χ2n) is 6.20. The summed E-state index contributed by atoms with van der Waals surface area (Å²) in [5, 5.41) is 12.8. The van der Waals surface area contributed by atoms with Crippen LogP contribution in [0.3, 0.4) is 0 Å². The molecule has 1 saturated carbocycles. The van der Waals surface area contributed by atoms with Crippen LogP contribution in [0.4, 0.5) is 0 Å². The number of hydrogen-bond acceptors (Lipinski definition) is 3. The average molecular weight is 323 g/mol. The summed E-state index contributed by atoms with van der Waals surface area (Å²) in [6.45, 7) is 1.79. The standard InChI is InChI=1S/C19H17NO2S/c1-12-16(17(21)22)23-18(20-12)19(10-5-11-19)15-9-4-7-13-6-2-3-8-14(13)15/h2-4,6-9H,5,10-11H2,1H3,(H,21,22). The fraction of sp³-hybridized carbons (Fsp3) is 0.263. The van der Waals surface area contributed by atoms with Gasteiger partial charge in [0.2, 0.25) is 0 Å². The first-order valence-electron chi connectivity index (χ1n) is 7.81. The van der Waals surface area contributed by atoms with E-state index in [0.29, 0.717) is 10.6 Å². The van der Waals surface area contributed by atoms with Crippen molar-refractivity contribution >= 4 is 28.1 Å². The highest BCUT2D eigenvalue weighted by molar-refractivity contribution is 7.13. The van der Waals surface area contributed by atoms with E-state index in [1.807, 2.05) is 0 Å². The van der Waals surface area contributed by atoms with Crippen LogP contribution < -0.4 is 0 Å². The Balaban J connectivity index is 1.93. The summed E-state index contributed by atoms with van der Waals surface area (Å²) < 4.78 is 0. The molecule has 1 heterocycles. The lowest BCUT2D eigenvalue weighted by Gasteiger charge is -2.41. The first-order chi connectivity index (χ1) is 11.1. The highest BCUT2D eigenvalue weighted by Crippen LogP contribution is 2.52. The largest absolute Gasteiger partial charge is 0.477 e. The van der Waals surface area contributed by atoms with Crippen LogP contribution in [0.15, 0.2) is 42.5 Å². The lowest BCUT2D eigenvalue weighted by atomic mass is 9.64. The number of aromatic carboxylic acids is 1. The maximum Gasteiger partial charge on any atom is 0.347 e. The molecule has 1 aromatic heterocycles. The van der Waals surface area contributed by atoms with E-state index in [2.05, 4.69) is 47.4 Å². The van der Waals surface area contributed by atoms with Crippen molar-refractivity contribution in [2.24, 2.45) is 0 Å². The van der Waals surface area contributed by atoms with Crippen LogP contribution in [0.2, 0.25) is 0 Å². The van der Waals surface area contributed by atoms with Crippen LogP contribution in [0.5, 0.6) is 0 Å². The van der Waals surface area contributed by atoms with Gasteiger partial charge in [0.25, 0.3) is 0 Å². The van der Waals surface area contributed by atoms with Crippen molar-refractivity contribution in [1.82, 2.24) is 4.98 Å². The van der Waals surface area contributed by atoms with Crippen LogP contribution in [0, 0.1) is 6.92 Å². The maximum absolute atomic E-state index is 11.4. The monoisotopic (exact) mass is 323 g/mol. The highest BCUT2D eigenvalue weighted by atomic mass is 32.1. The molecule has 0 atom stereocenters. The Bertz CT molecular complexity index is 903. The predicted molar refractivity (Wildman–Crippen MR) is 92.4 cm³/mol. The van der Waals surface area contributed by atoms with Gasteiger partial charge in [0.1, 0.15) is 9.88 Å². The smallest absolute Gasteiger partial charge is 0.347 e. The van der Waals surface area contributed by atoms with E-state index in [-0.39, 0.29) is 5.41 Å². The van der Waals surface area contributed by atoms with Gasteiger partial charge in [-0.3, -0.25) is 0 Å². The van der Waals surface area contributed by atoms with Crippen molar-refractivity contribution in [3.05, 3.63) is 63.6 Å². The van der Waals surface area contributed by atoms with Gasteiger partial charge in [-0.1, -0.05) is 48.9 Å². The number of thiazole rings is 1. The molecule has 0 bridgehead atoms. The van der Waals surface area contributed by atoms with Crippen LogP contribution in [0.25, 0.3) is 10.8 Å². The minimum atomic E-state index is -0.876. The molecule has 1 fully saturated rings. The molecule has 1 N–H and O–H groups in total. The number of aromatic nitrogens is 1. The van der Waals surface area contributed by atoms with E-state index in [9.17, 15) is 9.90 Å². The van der Waals surface area contributed by atoms with Gasteiger partial charge < -0.3 is 5.11 Å². The maximum atomic E-state index is 11.4. The van der Waals surface area contributed by atoms with Crippen LogP contribution in [0.1, 0.15) is 45.2 Å². The molecule has 23 heavy (non-hydrogen) atoms. The van der Waals surface area contributed by atoms with Crippen molar-refractivity contribution in [3.8, 4) is 0 Å². The van der Waals surface area contributed by atoms with Crippen molar-refractivity contribution < 1.29 is 9.90 Å². The van der Waals surface area contributed by atoms with Gasteiger partial charge in [-0.05, 0) is 36.1 Å². The SMILES string of the molecule is Cc1nc(C2(c3cccc4ccccc34)CCC2)sc1C(=O)O. The summed E-state index contributed by atoms with van der Waals surface area (Å²) in [5.74, 6) is -0.876. The molecule has 1 aliphatic rings. The molecule has 3 nitrogen and oxygen atoms in total. The summed E-state index contributed by atoms with van der Waals surface area (Å²) in [4.78, 5) is 16.4. The lowest BCUT2D eigenvalue weighted by molar-refractivity contribution is 0.0701. The van der Waals surface area contributed by atoms with Gasteiger partial charge in [-0.15, -0.1) is 11.3 Å². The third kappa shape index (κ3) is 2.09. The summed E-state index contributed by atoms with van der Waals surface area (Å²) in [6, 6.07) is 14.8. The minimum Gasteiger partial charge on any atom is -0.477 e. The molecule has 0 radical (unpaired) electrons. The van der Waals surface area contributed by atoms with Gasteiger partial charge in [-0.2, -0.15) is 0 Å². The Labute approximate surface area is 138 Å². The normalized spacial score (nSPS) is 16.2. The average Bonchev–Trinajstić information content (AvgIpc) is 2.89. The van der Waals surface area contributed by atoms with Gasteiger partial charge in [-0.25, -0.2) is 9.78 Å². The van der Waals surface area contributed by atoms with Crippen LogP contribution in [-0.4, -0.2) is 16.1 Å². The number of fused-ring (bicyclic) bond motifs is 1. The van der Waals surface area contributed by atoms with E-state index in [1.54, 1.807) is 6.92 Å². The lowest BCUT2D eigenvalue weighted by Crippen LogP contribution is -2.35. The summed E-state index contributed by atoms with van der Waals surface area (Å²) in [7, 11) is 0. The molecular formula is C19H17NO2S. The molecule has 4 rings (SSSR count). The van der Waals surface area contributed by atoms with Gasteiger partial charge in [0.05, 0.1) is 5.69 Å². The fourth-order valence-electron chi connectivity index (χ4n) is 3.57. The molecule has 116 valence electrons. The summed E-state index contributed by atoms with van der Waals surface area (Å²) >= 11 is 1.34. The molecule has 4 heteroatoms. The number of benzene rings is 2. The molecule has 0 spiro atoms. The third-order valence-corrected chi connectivity index (χ3v) is 6.26. The van der Waals surface area contributed by atoms with Crippen molar-refractivity contribution in [2.75, 3.05) is 0 Å². The molecule has 0 saturated heterocycles. The molecule has 0 amide bonds. The fourth-order valence-corrected chi connectivity index (χ4v) is 4.74. The van der Waals surface area contributed by atoms with E-state index < -0.39 is 5.97 Å². The molecular weight excluding hydrogens is 306 g/mol. The van der Waals surface area contributed by atoms with Gasteiger partial charge in [0, 0.05) is 5.41 Å². The van der Waals surface area contributed by atoms with E-state index in [1.165, 1.54) is 27.7 Å². The van der Waals surface area contributed by atoms with E-state index >= 15 is 0 Å². The van der Waals surface area contributed by atoms with Crippen LogP contribution in [-0.2, 0) is 5.41 Å². The number of aryl methyl sites for hydroxylation is 1. The highest BCUT2D eigenvalue weighted by Gasteiger charge is 2.44. The van der Waals surface area contributed by atoms with Crippen molar-refractivity contribution in [3.63, 3.8) is 0 Å². The Morgan fingerprint density at radius 3 is 2.57 bits per heavy atom. The van der Waals surface area contributed by atoms with E-state index in [4.69, 9.17) is 0 Å². The zero-order valence-electron chi connectivity index (χ0n) is 12.9. The topological polar surface area (TPSA) is 50.2 Å². The number of nitrogens with zero attached hydrogens (tertiary/aromatic N) is 1. The number of hydrogen-bond donors (Lipinski definition) is 1. The first-order valence-corrected chi connectivity index (χ1v) is 8.63. The Morgan fingerprint density at radius 2 is 1.91 bits per heavy atom. The minimum absolute atomic E-state index is 0.121. The Hall–Kier alpha value is -2.20. The van der Waals surface area contributed by atoms with Gasteiger partial charge >= 0.3 is 5.97 Å².